The minimum atomic E-state index is 0.384. The number of nitrogens with one attached hydrogen (secondary N) is 4. The Balaban J connectivity index is 0.000000120. The Kier molecular flexibility index (Phi) is 3.22. The second-order valence-corrected chi connectivity index (χ2v) is 2.26. The number of nitrogens with zero attached hydrogens (tertiary/aromatic N) is 4. The summed E-state index contributed by atoms with van der Waals surface area (Å²) in [5.41, 5.74) is 0. The van der Waals surface area contributed by atoms with Crippen LogP contribution in [-0.4, -0.2) is 41.2 Å². The molecule has 12 heavy (non-hydrogen) atoms. The van der Waals surface area contributed by atoms with Crippen molar-refractivity contribution in [3.8, 4) is 0 Å². The molecule has 0 aliphatic heterocycles. The smallest absolute Gasteiger partial charge is 0.235 e. The van der Waals surface area contributed by atoms with Gasteiger partial charge in [0.15, 0.2) is 0 Å². The summed E-state index contributed by atoms with van der Waals surface area (Å²) in [7, 11) is 0. The molecule has 2 rings (SSSR count). The first kappa shape index (κ1) is 8.67. The van der Waals surface area contributed by atoms with Crippen molar-refractivity contribution >= 4 is 24.4 Å². The number of hydrogen-bond acceptors (Lipinski definition) is 6. The molecule has 0 unspecified atom stereocenters. The number of hydrogen-bond donors (Lipinski definition) is 4. The summed E-state index contributed by atoms with van der Waals surface area (Å²) in [6, 6.07) is 0. The highest BCUT2D eigenvalue weighted by Crippen LogP contribution is 1.61. The Bertz CT molecular complexity index is 331. The third-order valence-corrected chi connectivity index (χ3v) is 1.07. The third-order valence-electron chi connectivity index (χ3n) is 0.707. The van der Waals surface area contributed by atoms with Crippen LogP contribution in [0, 0.1) is 9.54 Å². The van der Waals surface area contributed by atoms with Gasteiger partial charge in [-0.2, -0.15) is 10.4 Å². The second kappa shape index (κ2) is 4.46. The summed E-state index contributed by atoms with van der Waals surface area (Å²) in [5, 5.41) is 22.9. The lowest BCUT2D eigenvalue weighted by Gasteiger charge is -1.51. The molecule has 2 heterocycles. The molecule has 10 heteroatoms. The average molecular weight is 204 g/mol. The lowest BCUT2D eigenvalue weighted by atomic mass is 11.4. The van der Waals surface area contributed by atoms with E-state index in [9.17, 15) is 0 Å². The number of tetrazole rings is 2. The molecule has 4 N–H and O–H groups in total. The lowest BCUT2D eigenvalue weighted by molar-refractivity contribution is 0.881. The Hall–Kier alpha value is -1.42. The van der Waals surface area contributed by atoms with Crippen LogP contribution in [0.2, 0.25) is 0 Å². The van der Waals surface area contributed by atoms with E-state index in [1.54, 1.807) is 0 Å². The summed E-state index contributed by atoms with van der Waals surface area (Å²) >= 11 is 8.97. The van der Waals surface area contributed by atoms with Gasteiger partial charge in [-0.15, -0.1) is 0 Å². The van der Waals surface area contributed by atoms with Gasteiger partial charge < -0.3 is 0 Å². The average Bonchev–Trinajstić information content (AvgIpc) is 2.63. The fourth-order valence-corrected chi connectivity index (χ4v) is 0.509. The van der Waals surface area contributed by atoms with Gasteiger partial charge in [0.1, 0.15) is 0 Å². The molecule has 2 aromatic heterocycles. The molecule has 0 saturated carbocycles. The Labute approximate surface area is 75.8 Å². The van der Waals surface area contributed by atoms with E-state index in [-0.39, 0.29) is 0 Å². The van der Waals surface area contributed by atoms with E-state index in [1.807, 2.05) is 0 Å². The van der Waals surface area contributed by atoms with Gasteiger partial charge in [0.2, 0.25) is 9.54 Å². The van der Waals surface area contributed by atoms with Crippen molar-refractivity contribution in [3.63, 3.8) is 0 Å². The zero-order valence-electron chi connectivity index (χ0n) is 5.61. The van der Waals surface area contributed by atoms with Crippen LogP contribution in [0.3, 0.4) is 0 Å². The van der Waals surface area contributed by atoms with Crippen LogP contribution >= 0.6 is 24.4 Å². The predicted molar refractivity (Wildman–Crippen MR) is 43.1 cm³/mol. The maximum Gasteiger partial charge on any atom is 0.235 e. The van der Waals surface area contributed by atoms with Gasteiger partial charge in [0, 0.05) is 0 Å². The topological polar surface area (TPSA) is 115 Å². The van der Waals surface area contributed by atoms with Gasteiger partial charge >= 0.3 is 0 Å². The minimum Gasteiger partial charge on any atom is -0.256 e. The van der Waals surface area contributed by atoms with Crippen molar-refractivity contribution < 1.29 is 0 Å². The molecule has 0 aliphatic rings. The molecule has 0 bridgehead atoms. The molecule has 0 spiro atoms. The third kappa shape index (κ3) is 3.12. The van der Waals surface area contributed by atoms with Crippen LogP contribution < -0.4 is 0 Å². The van der Waals surface area contributed by atoms with Crippen molar-refractivity contribution in [2.24, 2.45) is 0 Å². The molecule has 0 amide bonds. The molecule has 64 valence electrons. The van der Waals surface area contributed by atoms with Gasteiger partial charge in [0.25, 0.3) is 0 Å². The van der Waals surface area contributed by atoms with E-state index in [0.29, 0.717) is 9.54 Å². The van der Waals surface area contributed by atoms with Gasteiger partial charge in [-0.25, -0.2) is 0 Å². The maximum atomic E-state index is 4.48. The normalized spacial score (nSPS) is 8.67. The highest BCUT2D eigenvalue weighted by atomic mass is 32.1. The fourth-order valence-electron chi connectivity index (χ4n) is 0.336. The zero-order valence-corrected chi connectivity index (χ0v) is 7.24. The largest absolute Gasteiger partial charge is 0.256 e. The first-order valence-corrected chi connectivity index (χ1v) is 3.52. The van der Waals surface area contributed by atoms with Crippen LogP contribution in [0.5, 0.6) is 0 Å². The molecule has 2 aromatic rings. The number of H-pyrrole nitrogens is 4. The zero-order chi connectivity index (χ0) is 8.81. The minimum absolute atomic E-state index is 0.384. The van der Waals surface area contributed by atoms with Crippen molar-refractivity contribution in [1.29, 1.82) is 0 Å². The van der Waals surface area contributed by atoms with Crippen LogP contribution in [0.15, 0.2) is 0 Å². The fraction of sp³-hybridized carbons (Fsp3) is 0. The van der Waals surface area contributed by atoms with Crippen molar-refractivity contribution in [2.45, 2.75) is 0 Å². The van der Waals surface area contributed by atoms with Crippen LogP contribution in [0.1, 0.15) is 0 Å². The van der Waals surface area contributed by atoms with E-state index in [1.165, 1.54) is 0 Å². The molecule has 0 aromatic carbocycles. The number of rotatable bonds is 0. The van der Waals surface area contributed by atoms with Gasteiger partial charge in [-0.3, -0.25) is 10.2 Å². The maximum absolute atomic E-state index is 4.48. The Morgan fingerprint density at radius 2 is 1.25 bits per heavy atom. The lowest BCUT2D eigenvalue weighted by Crippen LogP contribution is -1.64. The van der Waals surface area contributed by atoms with Gasteiger partial charge in [-0.1, -0.05) is 20.6 Å². The Morgan fingerprint density at radius 3 is 1.33 bits per heavy atom. The van der Waals surface area contributed by atoms with Gasteiger partial charge in [0.05, 0.1) is 0 Å². The van der Waals surface area contributed by atoms with E-state index < -0.39 is 0 Å². The van der Waals surface area contributed by atoms with Gasteiger partial charge in [-0.05, 0) is 24.4 Å². The van der Waals surface area contributed by atoms with Crippen molar-refractivity contribution in [3.05, 3.63) is 9.54 Å². The summed E-state index contributed by atoms with van der Waals surface area (Å²) in [5.74, 6) is 0. The highest BCUT2D eigenvalue weighted by Gasteiger charge is 1.68. The second-order valence-electron chi connectivity index (χ2n) is 1.48. The quantitative estimate of drug-likeness (QED) is 0.439. The van der Waals surface area contributed by atoms with Crippen LogP contribution in [0.4, 0.5) is 0 Å². The molecule has 0 atom stereocenters. The first-order chi connectivity index (χ1) is 5.79. The van der Waals surface area contributed by atoms with E-state index in [4.69, 9.17) is 0 Å². The summed E-state index contributed by atoms with van der Waals surface area (Å²) in [6.07, 6.45) is 0. The summed E-state index contributed by atoms with van der Waals surface area (Å²) in [4.78, 5) is 0. The van der Waals surface area contributed by atoms with Crippen LogP contribution in [-0.2, 0) is 0 Å². The summed E-state index contributed by atoms with van der Waals surface area (Å²) < 4.78 is 0.769. The number of aromatic amines is 4. The molecule has 0 radical (unpaired) electrons. The molecule has 0 fully saturated rings. The Morgan fingerprint density at radius 1 is 0.833 bits per heavy atom. The van der Waals surface area contributed by atoms with Crippen molar-refractivity contribution in [1.82, 2.24) is 41.2 Å². The molecular formula is C2H4N8S2. The molecule has 0 aliphatic carbocycles. The monoisotopic (exact) mass is 204 g/mol. The van der Waals surface area contributed by atoms with E-state index in [0.717, 1.165) is 0 Å². The van der Waals surface area contributed by atoms with Crippen molar-refractivity contribution in [2.75, 3.05) is 0 Å². The predicted octanol–water partition coefficient (Wildman–Crippen LogP) is -0.275. The van der Waals surface area contributed by atoms with E-state index in [2.05, 4.69) is 65.7 Å². The molecular weight excluding hydrogens is 200 g/mol. The van der Waals surface area contributed by atoms with Crippen LogP contribution in [0.25, 0.3) is 0 Å². The standard InChI is InChI=1S/2CH2N4S/c2*6-1-2-4-5-3-1/h2*(H2,2,3,4,5,6). The first-order valence-electron chi connectivity index (χ1n) is 2.70. The summed E-state index contributed by atoms with van der Waals surface area (Å²) in [6.45, 7) is 0. The SMILES string of the molecule is S=c1nn[nH][nH]1.S=c1nn[nH][nH]1. The number of aromatic nitrogens is 8. The highest BCUT2D eigenvalue weighted by molar-refractivity contribution is 7.71. The molecule has 8 nitrogen and oxygen atoms in total. The van der Waals surface area contributed by atoms with E-state index >= 15 is 0 Å². The molecule has 0 saturated heterocycles.